The maximum atomic E-state index is 10.8. The van der Waals surface area contributed by atoms with Crippen LogP contribution < -0.4 is 24.4 Å². The number of ether oxygens (including phenoxy) is 4. The van der Waals surface area contributed by atoms with E-state index in [0.717, 1.165) is 33.7 Å². The summed E-state index contributed by atoms with van der Waals surface area (Å²) in [5.41, 5.74) is 4.32. The zero-order valence-electron chi connectivity index (χ0n) is 21.5. The molecular weight excluding hydrogens is 601 g/mol. The van der Waals surface area contributed by atoms with E-state index in [2.05, 4.69) is 40.0 Å². The first kappa shape index (κ1) is 29.0. The van der Waals surface area contributed by atoms with E-state index in [1.54, 1.807) is 25.5 Å². The van der Waals surface area contributed by atoms with Crippen LogP contribution in [-0.4, -0.2) is 38.1 Å². The molecule has 0 aliphatic heterocycles. The van der Waals surface area contributed by atoms with Gasteiger partial charge in [-0.05, 0) is 83.1 Å². The van der Waals surface area contributed by atoms with Crippen LogP contribution in [0.25, 0.3) is 0 Å². The van der Waals surface area contributed by atoms with E-state index in [1.165, 1.54) is 31.4 Å². The second-order valence-corrected chi connectivity index (χ2v) is 9.45. The highest BCUT2D eigenvalue weighted by molar-refractivity contribution is 14.1. The van der Waals surface area contributed by atoms with Crippen molar-refractivity contribution in [3.05, 3.63) is 79.9 Å². The minimum absolute atomic E-state index is 0.0239. The molecular formula is C28H32IN3O6. The number of halogens is 1. The Kier molecular flexibility index (Phi) is 12.0. The lowest BCUT2D eigenvalue weighted by Crippen LogP contribution is -2.10. The number of nitrogens with zero attached hydrogens (tertiary/aromatic N) is 2. The van der Waals surface area contributed by atoms with Crippen molar-refractivity contribution in [2.75, 3.05) is 32.4 Å². The molecule has 202 valence electrons. The van der Waals surface area contributed by atoms with E-state index in [-0.39, 0.29) is 5.69 Å². The molecule has 0 amide bonds. The van der Waals surface area contributed by atoms with Crippen molar-refractivity contribution in [3.63, 3.8) is 0 Å². The van der Waals surface area contributed by atoms with Crippen molar-refractivity contribution < 1.29 is 23.9 Å². The third-order valence-electron chi connectivity index (χ3n) is 5.43. The van der Waals surface area contributed by atoms with Gasteiger partial charge < -0.3 is 18.9 Å². The average Bonchev–Trinajstić information content (AvgIpc) is 2.92. The lowest BCUT2D eigenvalue weighted by atomic mass is 10.2. The minimum atomic E-state index is -0.444. The Hall–Kier alpha value is -3.54. The number of methoxy groups -OCH3 is 1. The summed E-state index contributed by atoms with van der Waals surface area (Å²) >= 11 is 2.19. The van der Waals surface area contributed by atoms with E-state index in [4.69, 9.17) is 18.9 Å². The van der Waals surface area contributed by atoms with Gasteiger partial charge in [-0.25, -0.2) is 0 Å². The van der Waals surface area contributed by atoms with Crippen LogP contribution in [0, 0.1) is 13.7 Å². The lowest BCUT2D eigenvalue weighted by molar-refractivity contribution is -0.384. The molecule has 0 atom stereocenters. The van der Waals surface area contributed by atoms with Gasteiger partial charge in [-0.3, -0.25) is 15.5 Å². The Morgan fingerprint density at radius 1 is 0.921 bits per heavy atom. The molecule has 0 saturated carbocycles. The van der Waals surface area contributed by atoms with Gasteiger partial charge in [0.05, 0.1) is 34.1 Å². The Morgan fingerprint density at radius 2 is 1.58 bits per heavy atom. The highest BCUT2D eigenvalue weighted by Crippen LogP contribution is 2.33. The standard InChI is InChI=1S/C28H32IN3O6/c1-3-4-5-6-15-36-24-11-13-25(14-12-24)37-16-17-38-28-26(29)18-21(19-27(28)35-2)20-30-31-22-7-9-23(10-8-22)32(33)34/h7-14,18-20,31H,3-6,15-17H2,1-2H3/b30-20+. The fourth-order valence-electron chi connectivity index (χ4n) is 3.45. The van der Waals surface area contributed by atoms with Gasteiger partial charge in [0, 0.05) is 12.1 Å². The van der Waals surface area contributed by atoms with Gasteiger partial charge >= 0.3 is 0 Å². The van der Waals surface area contributed by atoms with E-state index in [1.807, 2.05) is 36.4 Å². The van der Waals surface area contributed by atoms with Crippen molar-refractivity contribution >= 4 is 40.2 Å². The summed E-state index contributed by atoms with van der Waals surface area (Å²) in [4.78, 5) is 10.3. The Bertz CT molecular complexity index is 1190. The lowest BCUT2D eigenvalue weighted by Gasteiger charge is -2.14. The van der Waals surface area contributed by atoms with Crippen LogP contribution in [0.15, 0.2) is 65.8 Å². The quantitative estimate of drug-likeness (QED) is 0.0592. The fraction of sp³-hybridized carbons (Fsp3) is 0.321. The molecule has 1 N–H and O–H groups in total. The number of hydrogen-bond donors (Lipinski definition) is 1. The summed E-state index contributed by atoms with van der Waals surface area (Å²) in [6.45, 7) is 3.65. The number of rotatable bonds is 16. The van der Waals surface area contributed by atoms with Gasteiger partial charge in [-0.2, -0.15) is 5.10 Å². The molecule has 38 heavy (non-hydrogen) atoms. The molecule has 0 spiro atoms. The summed E-state index contributed by atoms with van der Waals surface area (Å²) in [7, 11) is 1.58. The predicted molar refractivity (Wildman–Crippen MR) is 157 cm³/mol. The number of unbranched alkanes of at least 4 members (excludes halogenated alkanes) is 3. The fourth-order valence-corrected chi connectivity index (χ4v) is 4.23. The SMILES string of the molecule is CCCCCCOc1ccc(OCCOc2c(I)cc(/C=N/Nc3ccc([N+](=O)[O-])cc3)cc2OC)cc1. The van der Waals surface area contributed by atoms with Gasteiger partial charge in [-0.15, -0.1) is 0 Å². The number of benzene rings is 3. The number of nitro benzene ring substituents is 1. The molecule has 0 unspecified atom stereocenters. The second kappa shape index (κ2) is 15.7. The molecule has 0 bridgehead atoms. The molecule has 0 aromatic heterocycles. The van der Waals surface area contributed by atoms with Gasteiger partial charge in [0.1, 0.15) is 24.7 Å². The van der Waals surface area contributed by atoms with Crippen molar-refractivity contribution in [1.82, 2.24) is 0 Å². The molecule has 3 aromatic rings. The largest absolute Gasteiger partial charge is 0.494 e. The van der Waals surface area contributed by atoms with Crippen LogP contribution in [0.3, 0.4) is 0 Å². The highest BCUT2D eigenvalue weighted by atomic mass is 127. The summed E-state index contributed by atoms with van der Waals surface area (Å²) in [6, 6.07) is 17.4. The van der Waals surface area contributed by atoms with E-state index >= 15 is 0 Å². The van der Waals surface area contributed by atoms with E-state index < -0.39 is 4.92 Å². The monoisotopic (exact) mass is 633 g/mol. The zero-order chi connectivity index (χ0) is 27.2. The van der Waals surface area contributed by atoms with Crippen LogP contribution in [0.2, 0.25) is 0 Å². The first-order chi connectivity index (χ1) is 18.5. The van der Waals surface area contributed by atoms with Crippen LogP contribution in [0.5, 0.6) is 23.0 Å². The Labute approximate surface area is 236 Å². The van der Waals surface area contributed by atoms with Crippen LogP contribution >= 0.6 is 22.6 Å². The molecule has 9 nitrogen and oxygen atoms in total. The maximum absolute atomic E-state index is 10.8. The number of nitro groups is 1. The number of hydrazone groups is 1. The van der Waals surface area contributed by atoms with Crippen molar-refractivity contribution in [1.29, 1.82) is 0 Å². The van der Waals surface area contributed by atoms with Crippen LogP contribution in [0.4, 0.5) is 11.4 Å². The van der Waals surface area contributed by atoms with Crippen LogP contribution in [-0.2, 0) is 0 Å². The summed E-state index contributed by atoms with van der Waals surface area (Å²) in [5, 5.41) is 15.0. The predicted octanol–water partition coefficient (Wildman–Crippen LogP) is 7.07. The third-order valence-corrected chi connectivity index (χ3v) is 6.23. The van der Waals surface area contributed by atoms with E-state index in [0.29, 0.717) is 30.4 Å². The molecule has 0 aliphatic rings. The molecule has 10 heteroatoms. The van der Waals surface area contributed by atoms with Crippen LogP contribution in [0.1, 0.15) is 38.2 Å². The van der Waals surface area contributed by atoms with Crippen molar-refractivity contribution in [3.8, 4) is 23.0 Å². The molecule has 3 aromatic carbocycles. The second-order valence-electron chi connectivity index (χ2n) is 8.29. The van der Waals surface area contributed by atoms with Gasteiger partial charge in [-0.1, -0.05) is 26.2 Å². The molecule has 0 aliphatic carbocycles. The molecule has 0 saturated heterocycles. The van der Waals surface area contributed by atoms with Gasteiger partial charge in [0.15, 0.2) is 11.5 Å². The molecule has 0 fully saturated rings. The van der Waals surface area contributed by atoms with Crippen molar-refractivity contribution in [2.24, 2.45) is 5.10 Å². The Morgan fingerprint density at radius 3 is 2.21 bits per heavy atom. The topological polar surface area (TPSA) is 104 Å². The molecule has 3 rings (SSSR count). The summed E-state index contributed by atoms with van der Waals surface area (Å²) in [6.07, 6.45) is 6.35. The Balaban J connectivity index is 1.46. The van der Waals surface area contributed by atoms with Gasteiger partial charge in [0.25, 0.3) is 5.69 Å². The normalized spacial score (nSPS) is 10.8. The average molecular weight is 633 g/mol. The summed E-state index contributed by atoms with van der Waals surface area (Å²) < 4.78 is 23.9. The highest BCUT2D eigenvalue weighted by Gasteiger charge is 2.11. The zero-order valence-corrected chi connectivity index (χ0v) is 23.7. The first-order valence-corrected chi connectivity index (χ1v) is 13.5. The molecule has 0 radical (unpaired) electrons. The number of anilines is 1. The molecule has 0 heterocycles. The van der Waals surface area contributed by atoms with Crippen molar-refractivity contribution in [2.45, 2.75) is 32.6 Å². The number of hydrogen-bond acceptors (Lipinski definition) is 8. The number of nitrogens with one attached hydrogen (secondary N) is 1. The first-order valence-electron chi connectivity index (χ1n) is 12.4. The maximum Gasteiger partial charge on any atom is 0.269 e. The number of non-ortho nitro benzene ring substituents is 1. The van der Waals surface area contributed by atoms with Gasteiger partial charge in [0.2, 0.25) is 0 Å². The van der Waals surface area contributed by atoms with E-state index in [9.17, 15) is 10.1 Å². The third kappa shape index (κ3) is 9.40. The minimum Gasteiger partial charge on any atom is -0.494 e. The summed E-state index contributed by atoms with van der Waals surface area (Å²) in [5.74, 6) is 2.80. The smallest absolute Gasteiger partial charge is 0.269 e.